The molecule has 0 bridgehead atoms. The number of hydrogen-bond acceptors (Lipinski definition) is 4. The van der Waals surface area contributed by atoms with E-state index in [1.165, 1.54) is 0 Å². The molecule has 2 atom stereocenters. The SMILES string of the molecule is CC[C@@H]1C[C@@H](CO)N(C(=O)OC(C)(C)C)C1=O. The third-order valence-electron chi connectivity index (χ3n) is 2.80. The number of aliphatic hydroxyl groups is 1. The van der Waals surface area contributed by atoms with E-state index in [9.17, 15) is 14.7 Å². The molecule has 1 saturated heterocycles. The van der Waals surface area contributed by atoms with Crippen LogP contribution < -0.4 is 0 Å². The highest BCUT2D eigenvalue weighted by molar-refractivity contribution is 5.95. The fraction of sp³-hybridized carbons (Fsp3) is 0.833. The zero-order valence-corrected chi connectivity index (χ0v) is 10.9. The van der Waals surface area contributed by atoms with Gasteiger partial charge in [-0.05, 0) is 33.6 Å². The molecule has 5 nitrogen and oxygen atoms in total. The lowest BCUT2D eigenvalue weighted by molar-refractivity contribution is -0.131. The van der Waals surface area contributed by atoms with E-state index in [-0.39, 0.29) is 18.4 Å². The summed E-state index contributed by atoms with van der Waals surface area (Å²) in [5.74, 6) is -0.416. The predicted octanol–water partition coefficient (Wildman–Crippen LogP) is 1.54. The van der Waals surface area contributed by atoms with E-state index >= 15 is 0 Å². The molecular formula is C12H21NO4. The van der Waals surface area contributed by atoms with Crippen LogP contribution in [0.5, 0.6) is 0 Å². The van der Waals surface area contributed by atoms with Gasteiger partial charge in [-0.25, -0.2) is 9.69 Å². The van der Waals surface area contributed by atoms with E-state index in [0.717, 1.165) is 4.90 Å². The molecule has 1 aliphatic heterocycles. The van der Waals surface area contributed by atoms with Gasteiger partial charge in [0.25, 0.3) is 0 Å². The Hall–Kier alpha value is -1.10. The van der Waals surface area contributed by atoms with Crippen LogP contribution in [0.1, 0.15) is 40.5 Å². The second-order valence-electron chi connectivity index (χ2n) is 5.37. The maximum Gasteiger partial charge on any atom is 0.417 e. The van der Waals surface area contributed by atoms with Crippen LogP contribution in [0.25, 0.3) is 0 Å². The molecule has 0 radical (unpaired) electrons. The number of rotatable bonds is 2. The smallest absolute Gasteiger partial charge is 0.417 e. The Morgan fingerprint density at radius 3 is 2.53 bits per heavy atom. The number of aliphatic hydroxyl groups excluding tert-OH is 1. The van der Waals surface area contributed by atoms with Crippen LogP contribution in [0.3, 0.4) is 0 Å². The summed E-state index contributed by atoms with van der Waals surface area (Å²) in [5.41, 5.74) is -0.637. The van der Waals surface area contributed by atoms with E-state index in [2.05, 4.69) is 0 Å². The van der Waals surface area contributed by atoms with E-state index in [1.807, 2.05) is 6.92 Å². The van der Waals surface area contributed by atoms with Crippen molar-refractivity contribution in [1.29, 1.82) is 0 Å². The zero-order valence-electron chi connectivity index (χ0n) is 10.9. The lowest BCUT2D eigenvalue weighted by atomic mass is 10.0. The lowest BCUT2D eigenvalue weighted by Gasteiger charge is -2.26. The highest BCUT2D eigenvalue weighted by Gasteiger charge is 2.43. The highest BCUT2D eigenvalue weighted by Crippen LogP contribution is 2.28. The van der Waals surface area contributed by atoms with Crippen LogP contribution >= 0.6 is 0 Å². The van der Waals surface area contributed by atoms with Gasteiger partial charge in [0.1, 0.15) is 5.60 Å². The van der Waals surface area contributed by atoms with Crippen LogP contribution in [-0.4, -0.2) is 40.3 Å². The Balaban J connectivity index is 2.80. The Labute approximate surface area is 102 Å². The minimum Gasteiger partial charge on any atom is -0.443 e. The van der Waals surface area contributed by atoms with Gasteiger partial charge in [0.2, 0.25) is 5.91 Å². The minimum absolute atomic E-state index is 0.181. The summed E-state index contributed by atoms with van der Waals surface area (Å²) < 4.78 is 5.17. The average molecular weight is 243 g/mol. The largest absolute Gasteiger partial charge is 0.443 e. The first kappa shape index (κ1) is 14.0. The van der Waals surface area contributed by atoms with Gasteiger partial charge in [-0.1, -0.05) is 6.92 Å². The molecule has 1 fully saturated rings. The molecule has 0 aromatic carbocycles. The standard InChI is InChI=1S/C12H21NO4/c1-5-8-6-9(7-14)13(10(8)15)11(16)17-12(2,3)4/h8-9,14H,5-7H2,1-4H3/t8-,9+/m1/s1. The molecule has 0 aromatic heterocycles. The second kappa shape index (κ2) is 5.04. The zero-order chi connectivity index (χ0) is 13.2. The van der Waals surface area contributed by atoms with E-state index < -0.39 is 17.7 Å². The Morgan fingerprint density at radius 2 is 2.12 bits per heavy atom. The van der Waals surface area contributed by atoms with Crippen LogP contribution in [-0.2, 0) is 9.53 Å². The summed E-state index contributed by atoms with van der Waals surface area (Å²) in [4.78, 5) is 24.9. The van der Waals surface area contributed by atoms with Crippen molar-refractivity contribution >= 4 is 12.0 Å². The van der Waals surface area contributed by atoms with Crippen molar-refractivity contribution in [3.05, 3.63) is 0 Å². The molecule has 0 aromatic rings. The van der Waals surface area contributed by atoms with Gasteiger partial charge in [-0.3, -0.25) is 4.79 Å². The number of carbonyl (C=O) groups excluding carboxylic acids is 2. The first-order valence-corrected chi connectivity index (χ1v) is 5.97. The van der Waals surface area contributed by atoms with Crippen molar-refractivity contribution in [3.8, 4) is 0 Å². The van der Waals surface area contributed by atoms with Gasteiger partial charge in [0.05, 0.1) is 12.6 Å². The van der Waals surface area contributed by atoms with Crippen LogP contribution in [0.4, 0.5) is 4.79 Å². The number of ether oxygens (including phenoxy) is 1. The van der Waals surface area contributed by atoms with Gasteiger partial charge < -0.3 is 9.84 Å². The van der Waals surface area contributed by atoms with Gasteiger partial charge in [-0.2, -0.15) is 0 Å². The lowest BCUT2D eigenvalue weighted by Crippen LogP contribution is -2.44. The first-order chi connectivity index (χ1) is 7.80. The predicted molar refractivity (Wildman–Crippen MR) is 62.4 cm³/mol. The molecule has 1 heterocycles. The number of hydrogen-bond donors (Lipinski definition) is 1. The maximum atomic E-state index is 11.9. The first-order valence-electron chi connectivity index (χ1n) is 5.97. The summed E-state index contributed by atoms with van der Waals surface area (Å²) in [5, 5.41) is 9.21. The number of amides is 2. The summed E-state index contributed by atoms with van der Waals surface area (Å²) in [6.45, 7) is 6.93. The van der Waals surface area contributed by atoms with Gasteiger partial charge >= 0.3 is 6.09 Å². The van der Waals surface area contributed by atoms with E-state index in [4.69, 9.17) is 4.74 Å². The Kier molecular flexibility index (Phi) is 4.14. The van der Waals surface area contributed by atoms with Gasteiger partial charge in [-0.15, -0.1) is 0 Å². The van der Waals surface area contributed by atoms with Crippen LogP contribution in [0.15, 0.2) is 0 Å². The van der Waals surface area contributed by atoms with Gasteiger partial charge in [0.15, 0.2) is 0 Å². The third kappa shape index (κ3) is 3.19. The van der Waals surface area contributed by atoms with Gasteiger partial charge in [0, 0.05) is 5.92 Å². The van der Waals surface area contributed by atoms with Crippen molar-refractivity contribution in [2.24, 2.45) is 5.92 Å². The molecule has 1 rings (SSSR count). The molecule has 5 heteroatoms. The van der Waals surface area contributed by atoms with E-state index in [1.54, 1.807) is 20.8 Å². The fourth-order valence-electron chi connectivity index (χ4n) is 1.96. The molecular weight excluding hydrogens is 222 g/mol. The van der Waals surface area contributed by atoms with Crippen molar-refractivity contribution < 1.29 is 19.4 Å². The van der Waals surface area contributed by atoms with Crippen molar-refractivity contribution in [2.45, 2.75) is 52.2 Å². The Morgan fingerprint density at radius 1 is 1.53 bits per heavy atom. The molecule has 98 valence electrons. The summed E-state index contributed by atoms with van der Waals surface area (Å²) in [6, 6.07) is -0.442. The molecule has 0 spiro atoms. The van der Waals surface area contributed by atoms with Crippen molar-refractivity contribution in [1.82, 2.24) is 4.90 Å². The highest BCUT2D eigenvalue weighted by atomic mass is 16.6. The van der Waals surface area contributed by atoms with Crippen LogP contribution in [0.2, 0.25) is 0 Å². The van der Waals surface area contributed by atoms with Crippen molar-refractivity contribution in [2.75, 3.05) is 6.61 Å². The number of likely N-dealkylation sites (tertiary alicyclic amines) is 1. The Bertz CT molecular complexity index is 308. The average Bonchev–Trinajstić information content (AvgIpc) is 2.52. The van der Waals surface area contributed by atoms with Crippen LogP contribution in [0, 0.1) is 5.92 Å². The number of carbonyl (C=O) groups is 2. The monoisotopic (exact) mass is 243 g/mol. The normalized spacial score (nSPS) is 25.2. The molecule has 17 heavy (non-hydrogen) atoms. The van der Waals surface area contributed by atoms with E-state index in [0.29, 0.717) is 12.8 Å². The summed E-state index contributed by atoms with van der Waals surface area (Å²) in [7, 11) is 0. The molecule has 1 N–H and O–H groups in total. The van der Waals surface area contributed by atoms with Crippen molar-refractivity contribution in [3.63, 3.8) is 0 Å². The molecule has 0 unspecified atom stereocenters. The number of nitrogens with zero attached hydrogens (tertiary/aromatic N) is 1. The maximum absolute atomic E-state index is 11.9. The quantitative estimate of drug-likeness (QED) is 0.799. The molecule has 0 saturated carbocycles. The molecule has 2 amide bonds. The number of imide groups is 1. The minimum atomic E-state index is -0.655. The molecule has 0 aliphatic carbocycles. The summed E-state index contributed by atoms with van der Waals surface area (Å²) >= 11 is 0. The summed E-state index contributed by atoms with van der Waals surface area (Å²) in [6.07, 6.45) is 0.539. The second-order valence-corrected chi connectivity index (χ2v) is 5.37. The fourth-order valence-corrected chi connectivity index (χ4v) is 1.96. The topological polar surface area (TPSA) is 66.8 Å². The third-order valence-corrected chi connectivity index (χ3v) is 2.80. The molecule has 1 aliphatic rings.